The number of carbonyl (C=O) groups is 1. The molecule has 0 saturated carbocycles. The second-order valence-electron chi connectivity index (χ2n) is 7.09. The molecule has 3 aromatic carbocycles. The zero-order chi connectivity index (χ0) is 25.8. The number of amides is 1. The molecule has 12 heteroatoms. The highest BCUT2D eigenvalue weighted by molar-refractivity contribution is 9.11. The summed E-state index contributed by atoms with van der Waals surface area (Å²) in [5.41, 5.74) is 0.468. The maximum atomic E-state index is 12.8. The summed E-state index contributed by atoms with van der Waals surface area (Å²) in [7, 11) is -4.23. The lowest BCUT2D eigenvalue weighted by Crippen LogP contribution is -2.14. The molecule has 178 valence electrons. The van der Waals surface area contributed by atoms with Crippen LogP contribution in [0.3, 0.4) is 0 Å². The minimum atomic E-state index is -4.23. The lowest BCUT2D eigenvalue weighted by atomic mass is 10.1. The second-order valence-corrected chi connectivity index (χ2v) is 10.4. The Kier molecular flexibility index (Phi) is 8.06. The van der Waals surface area contributed by atoms with Crippen molar-refractivity contribution in [2.45, 2.75) is 11.8 Å². The van der Waals surface area contributed by atoms with Crippen LogP contribution in [0, 0.1) is 28.4 Å². The van der Waals surface area contributed by atoms with Crippen LogP contribution in [-0.4, -0.2) is 19.2 Å². The maximum absolute atomic E-state index is 12.8. The molecule has 3 aromatic rings. The van der Waals surface area contributed by atoms with Gasteiger partial charge in [0.15, 0.2) is 5.75 Å². The van der Waals surface area contributed by atoms with E-state index in [4.69, 9.17) is 4.18 Å². The first-order valence-corrected chi connectivity index (χ1v) is 12.7. The number of anilines is 1. The van der Waals surface area contributed by atoms with Gasteiger partial charge in [-0.25, -0.2) is 0 Å². The van der Waals surface area contributed by atoms with Crippen molar-refractivity contribution in [1.82, 2.24) is 0 Å². The third-order valence-electron chi connectivity index (χ3n) is 4.52. The van der Waals surface area contributed by atoms with Gasteiger partial charge in [0.25, 0.3) is 11.6 Å². The number of nitro benzene ring substituents is 1. The van der Waals surface area contributed by atoms with Crippen LogP contribution in [0.5, 0.6) is 5.75 Å². The average Bonchev–Trinajstić information content (AvgIpc) is 2.79. The number of nitrogens with zero attached hydrogens (tertiary/aromatic N) is 2. The molecule has 0 fully saturated rings. The molecule has 0 unspecified atom stereocenters. The van der Waals surface area contributed by atoms with Gasteiger partial charge in [-0.1, -0.05) is 39.7 Å². The molecule has 0 saturated heterocycles. The van der Waals surface area contributed by atoms with Gasteiger partial charge >= 0.3 is 10.1 Å². The number of carbonyl (C=O) groups excluding carboxylic acids is 1. The number of hydrogen-bond donors (Lipinski definition) is 1. The third-order valence-corrected chi connectivity index (χ3v) is 6.80. The number of nitrogens with one attached hydrogen (secondary N) is 1. The van der Waals surface area contributed by atoms with Crippen molar-refractivity contribution >= 4 is 65.3 Å². The minimum absolute atomic E-state index is 0.0724. The first-order valence-electron chi connectivity index (χ1n) is 9.68. The SMILES string of the molecule is Cc1ccc(S(=O)(=O)Oc2c(Br)cc(Br)cc2/C=C(\C#N)C(=O)Nc2cccc([N+](=O)[O-])c2)cc1. The van der Waals surface area contributed by atoms with Crippen molar-refractivity contribution in [1.29, 1.82) is 5.26 Å². The first kappa shape index (κ1) is 26.1. The van der Waals surface area contributed by atoms with E-state index in [0.717, 1.165) is 17.7 Å². The van der Waals surface area contributed by atoms with E-state index in [1.54, 1.807) is 24.3 Å². The van der Waals surface area contributed by atoms with Gasteiger partial charge in [0.2, 0.25) is 0 Å². The van der Waals surface area contributed by atoms with Gasteiger partial charge in [0, 0.05) is 27.9 Å². The van der Waals surface area contributed by atoms with Gasteiger partial charge in [-0.15, -0.1) is 0 Å². The molecule has 0 heterocycles. The monoisotopic (exact) mass is 619 g/mol. The molecule has 0 aromatic heterocycles. The summed E-state index contributed by atoms with van der Waals surface area (Å²) in [5, 5.41) is 23.0. The fourth-order valence-corrected chi connectivity index (χ4v) is 5.26. The summed E-state index contributed by atoms with van der Waals surface area (Å²) < 4.78 is 31.8. The van der Waals surface area contributed by atoms with Gasteiger partial charge in [-0.05, 0) is 59.3 Å². The molecule has 0 radical (unpaired) electrons. The van der Waals surface area contributed by atoms with Gasteiger partial charge < -0.3 is 9.50 Å². The molecule has 1 N–H and O–H groups in total. The Labute approximate surface area is 217 Å². The topological polar surface area (TPSA) is 139 Å². The Morgan fingerprint density at radius 1 is 1.14 bits per heavy atom. The largest absolute Gasteiger partial charge is 0.377 e. The molecule has 0 aliphatic rings. The molecule has 9 nitrogen and oxygen atoms in total. The van der Waals surface area contributed by atoms with Gasteiger partial charge in [0.05, 0.1) is 9.40 Å². The van der Waals surface area contributed by atoms with E-state index < -0.39 is 20.9 Å². The Morgan fingerprint density at radius 3 is 2.46 bits per heavy atom. The molecule has 0 aliphatic carbocycles. The van der Waals surface area contributed by atoms with Crippen LogP contribution in [0.4, 0.5) is 11.4 Å². The number of benzene rings is 3. The summed E-state index contributed by atoms with van der Waals surface area (Å²) in [6, 6.07) is 16.0. The van der Waals surface area contributed by atoms with Crippen LogP contribution < -0.4 is 9.50 Å². The summed E-state index contributed by atoms with van der Waals surface area (Å²) in [6.45, 7) is 1.81. The molecule has 0 aliphatic heterocycles. The summed E-state index contributed by atoms with van der Waals surface area (Å²) in [4.78, 5) is 23.0. The summed E-state index contributed by atoms with van der Waals surface area (Å²) in [6.07, 6.45) is 1.15. The zero-order valence-corrected chi connectivity index (χ0v) is 21.8. The van der Waals surface area contributed by atoms with E-state index in [2.05, 4.69) is 37.2 Å². The highest BCUT2D eigenvalue weighted by Gasteiger charge is 2.22. The average molecular weight is 621 g/mol. The second kappa shape index (κ2) is 10.8. The van der Waals surface area contributed by atoms with Crippen molar-refractivity contribution in [3.63, 3.8) is 0 Å². The predicted molar refractivity (Wildman–Crippen MR) is 136 cm³/mol. The minimum Gasteiger partial charge on any atom is -0.377 e. The van der Waals surface area contributed by atoms with Crippen LogP contribution >= 0.6 is 31.9 Å². The maximum Gasteiger partial charge on any atom is 0.339 e. The standard InChI is InChI=1S/C23H15Br2N3O6S/c1-14-5-7-20(8-6-14)35(32,33)34-22-15(10-17(24)11-21(22)25)9-16(13-26)23(29)27-18-3-2-4-19(12-18)28(30)31/h2-12H,1H3,(H,27,29)/b16-9+. The van der Waals surface area contributed by atoms with E-state index in [9.17, 15) is 28.6 Å². The van der Waals surface area contributed by atoms with E-state index in [0.29, 0.717) is 4.47 Å². The highest BCUT2D eigenvalue weighted by Crippen LogP contribution is 2.36. The fraction of sp³-hybridized carbons (Fsp3) is 0.0435. The highest BCUT2D eigenvalue weighted by atomic mass is 79.9. The number of rotatable bonds is 7. The van der Waals surface area contributed by atoms with Crippen molar-refractivity contribution in [2.24, 2.45) is 0 Å². The third kappa shape index (κ3) is 6.54. The Bertz CT molecular complexity index is 1500. The van der Waals surface area contributed by atoms with Crippen LogP contribution in [-0.2, 0) is 14.9 Å². The number of nitriles is 1. The normalized spacial score (nSPS) is 11.4. The van der Waals surface area contributed by atoms with Crippen molar-refractivity contribution < 1.29 is 22.3 Å². The van der Waals surface area contributed by atoms with Gasteiger partial charge in [-0.2, -0.15) is 13.7 Å². The van der Waals surface area contributed by atoms with Crippen LogP contribution in [0.2, 0.25) is 0 Å². The Hall–Kier alpha value is -3.53. The van der Waals surface area contributed by atoms with Gasteiger partial charge in [-0.3, -0.25) is 14.9 Å². The number of non-ortho nitro benzene ring substituents is 1. The summed E-state index contributed by atoms with van der Waals surface area (Å²) in [5.74, 6) is -0.985. The number of aryl methyl sites for hydroxylation is 1. The molecule has 1 amide bonds. The molecule has 35 heavy (non-hydrogen) atoms. The van der Waals surface area contributed by atoms with Crippen LogP contribution in [0.25, 0.3) is 6.08 Å². The van der Waals surface area contributed by atoms with Crippen LogP contribution in [0.1, 0.15) is 11.1 Å². The van der Waals surface area contributed by atoms with E-state index >= 15 is 0 Å². The molecular formula is C23H15Br2N3O6S. The van der Waals surface area contributed by atoms with Crippen molar-refractivity contribution in [2.75, 3.05) is 5.32 Å². The van der Waals surface area contributed by atoms with Gasteiger partial charge in [0.1, 0.15) is 16.5 Å². The molecular weight excluding hydrogens is 606 g/mol. The molecule has 0 bridgehead atoms. The number of halogens is 2. The predicted octanol–water partition coefficient (Wildman–Crippen LogP) is 5.74. The van der Waals surface area contributed by atoms with E-state index in [1.807, 2.05) is 6.92 Å². The lowest BCUT2D eigenvalue weighted by molar-refractivity contribution is -0.384. The quantitative estimate of drug-likeness (QED) is 0.117. The van der Waals surface area contributed by atoms with Crippen molar-refractivity contribution in [3.05, 3.63) is 96.4 Å². The molecule has 0 atom stereocenters. The van der Waals surface area contributed by atoms with Crippen LogP contribution in [0.15, 0.2) is 80.1 Å². The van der Waals surface area contributed by atoms with E-state index in [-0.39, 0.29) is 37.6 Å². The number of nitro groups is 1. The summed E-state index contributed by atoms with van der Waals surface area (Å²) >= 11 is 6.56. The van der Waals surface area contributed by atoms with E-state index in [1.165, 1.54) is 36.4 Å². The Morgan fingerprint density at radius 2 is 1.83 bits per heavy atom. The van der Waals surface area contributed by atoms with Crippen molar-refractivity contribution in [3.8, 4) is 11.8 Å². The molecule has 0 spiro atoms. The fourth-order valence-electron chi connectivity index (χ4n) is 2.84. The Balaban J connectivity index is 1.99. The zero-order valence-electron chi connectivity index (χ0n) is 17.9. The molecule has 3 rings (SSSR count). The first-order chi connectivity index (χ1) is 16.5. The lowest BCUT2D eigenvalue weighted by Gasteiger charge is -2.13. The number of hydrogen-bond acceptors (Lipinski definition) is 7. The smallest absolute Gasteiger partial charge is 0.339 e.